The summed E-state index contributed by atoms with van der Waals surface area (Å²) in [6.45, 7) is 4.23. The van der Waals surface area contributed by atoms with Crippen LogP contribution in [-0.2, 0) is 9.59 Å². The van der Waals surface area contributed by atoms with Crippen molar-refractivity contribution < 1.29 is 14.7 Å². The number of halogens is 1. The number of carbonyl (C=O) groups excluding carboxylic acids is 2. The maximum atomic E-state index is 12.7. The van der Waals surface area contributed by atoms with E-state index in [1.807, 2.05) is 24.3 Å². The Balaban J connectivity index is 1.68. The third-order valence-corrected chi connectivity index (χ3v) is 7.15. The van der Waals surface area contributed by atoms with Crippen molar-refractivity contribution in [2.24, 2.45) is 0 Å². The highest BCUT2D eigenvalue weighted by Gasteiger charge is 2.41. The molecule has 0 aromatic heterocycles. The number of benzene rings is 1. The van der Waals surface area contributed by atoms with E-state index in [0.717, 1.165) is 22.9 Å². The lowest BCUT2D eigenvalue weighted by Crippen LogP contribution is -2.32. The highest BCUT2D eigenvalue weighted by molar-refractivity contribution is 9.10. The summed E-state index contributed by atoms with van der Waals surface area (Å²) in [5.41, 5.74) is 1.07. The van der Waals surface area contributed by atoms with Gasteiger partial charge in [-0.2, -0.15) is 0 Å². The van der Waals surface area contributed by atoms with E-state index in [-0.39, 0.29) is 17.1 Å². The topological polar surface area (TPSA) is 57.6 Å². The summed E-state index contributed by atoms with van der Waals surface area (Å²) < 4.78 is 0.937. The van der Waals surface area contributed by atoms with E-state index in [2.05, 4.69) is 22.9 Å². The Morgan fingerprint density at radius 2 is 1.30 bits per heavy atom. The molecule has 1 aliphatic heterocycles. The molecule has 1 atom stereocenters. The van der Waals surface area contributed by atoms with Crippen molar-refractivity contribution in [2.75, 3.05) is 6.54 Å². The Morgan fingerprint density at radius 3 is 1.76 bits per heavy atom. The lowest BCUT2D eigenvalue weighted by molar-refractivity contribution is -0.129. The van der Waals surface area contributed by atoms with Gasteiger partial charge in [-0.1, -0.05) is 118 Å². The number of rotatable bonds is 17. The molecule has 0 saturated heterocycles. The first-order chi connectivity index (χ1) is 16.0. The summed E-state index contributed by atoms with van der Waals surface area (Å²) in [6.07, 6.45) is 18.0. The number of carbonyl (C=O) groups is 2. The molecule has 0 unspecified atom stereocenters. The predicted molar refractivity (Wildman–Crippen MR) is 139 cm³/mol. The first kappa shape index (κ1) is 27.6. The molecule has 0 saturated carbocycles. The van der Waals surface area contributed by atoms with Gasteiger partial charge in [-0.15, -0.1) is 0 Å². The van der Waals surface area contributed by atoms with Crippen molar-refractivity contribution in [2.45, 2.75) is 110 Å². The fraction of sp³-hybridized carbons (Fsp3) is 0.643. The zero-order chi connectivity index (χ0) is 24.1. The Kier molecular flexibility index (Phi) is 12.8. The average Bonchev–Trinajstić information content (AvgIpc) is 3.05. The van der Waals surface area contributed by atoms with Crippen LogP contribution >= 0.6 is 15.9 Å². The van der Waals surface area contributed by atoms with Gasteiger partial charge in [-0.25, -0.2) is 0 Å². The van der Waals surface area contributed by atoms with Crippen LogP contribution in [0, 0.1) is 0 Å². The van der Waals surface area contributed by atoms with E-state index < -0.39 is 11.9 Å². The van der Waals surface area contributed by atoms with Crippen LogP contribution in [0.2, 0.25) is 0 Å². The molecule has 1 aromatic rings. The molecule has 1 aliphatic rings. The van der Waals surface area contributed by atoms with Crippen molar-refractivity contribution in [1.29, 1.82) is 0 Å². The molecule has 0 fully saturated rings. The largest absolute Gasteiger partial charge is 0.503 e. The first-order valence-electron chi connectivity index (χ1n) is 13.0. The molecule has 0 spiro atoms. The fourth-order valence-electron chi connectivity index (χ4n) is 4.71. The maximum absolute atomic E-state index is 12.7. The molecule has 0 aliphatic carbocycles. The van der Waals surface area contributed by atoms with Gasteiger partial charge in [0.2, 0.25) is 0 Å². The highest BCUT2D eigenvalue weighted by Crippen LogP contribution is 2.38. The molecule has 0 bridgehead atoms. The monoisotopic (exact) mass is 519 g/mol. The number of aliphatic hydroxyl groups is 1. The van der Waals surface area contributed by atoms with Crippen LogP contribution < -0.4 is 0 Å². The molecule has 5 heteroatoms. The molecule has 184 valence electrons. The smallest absolute Gasteiger partial charge is 0.290 e. The minimum atomic E-state index is -0.495. The van der Waals surface area contributed by atoms with Gasteiger partial charge in [0, 0.05) is 11.0 Å². The predicted octanol–water partition coefficient (Wildman–Crippen LogP) is 8.21. The molecule has 1 amide bonds. The number of hydrogen-bond donors (Lipinski definition) is 1. The summed E-state index contributed by atoms with van der Waals surface area (Å²) in [6, 6.07) is 7.11. The second-order valence-electron chi connectivity index (χ2n) is 9.37. The van der Waals surface area contributed by atoms with Gasteiger partial charge in [0.1, 0.15) is 0 Å². The summed E-state index contributed by atoms with van der Waals surface area (Å²) >= 11 is 3.43. The minimum Gasteiger partial charge on any atom is -0.503 e. The Morgan fingerprint density at radius 1 is 0.848 bits per heavy atom. The zero-order valence-electron chi connectivity index (χ0n) is 20.6. The van der Waals surface area contributed by atoms with Crippen LogP contribution in [0.4, 0.5) is 0 Å². The molecule has 1 N–H and O–H groups in total. The van der Waals surface area contributed by atoms with E-state index in [9.17, 15) is 14.7 Å². The molecule has 33 heavy (non-hydrogen) atoms. The molecular formula is C28H42BrNO3. The normalized spacial score (nSPS) is 16.2. The van der Waals surface area contributed by atoms with Crippen molar-refractivity contribution in [3.8, 4) is 0 Å². The van der Waals surface area contributed by atoms with E-state index in [0.29, 0.717) is 6.54 Å². The highest BCUT2D eigenvalue weighted by atomic mass is 79.9. The number of amides is 1. The van der Waals surface area contributed by atoms with Crippen LogP contribution in [0.3, 0.4) is 0 Å². The van der Waals surface area contributed by atoms with Gasteiger partial charge in [0.25, 0.3) is 5.91 Å². The molecule has 1 heterocycles. The van der Waals surface area contributed by atoms with Crippen molar-refractivity contribution in [3.63, 3.8) is 0 Å². The van der Waals surface area contributed by atoms with Gasteiger partial charge < -0.3 is 10.0 Å². The SMILES string of the molecule is CCCCCCCCCCCCCCCCN1C(=O)C(O)=C(C(C)=O)[C@@H]1c1ccc(Br)cc1. The van der Waals surface area contributed by atoms with E-state index in [4.69, 9.17) is 0 Å². The summed E-state index contributed by atoms with van der Waals surface area (Å²) in [5.74, 6) is -1.07. The van der Waals surface area contributed by atoms with E-state index >= 15 is 0 Å². The Hall–Kier alpha value is -1.62. The van der Waals surface area contributed by atoms with E-state index in [1.54, 1.807) is 4.90 Å². The Bertz CT molecular complexity index is 772. The molecule has 4 nitrogen and oxygen atoms in total. The third kappa shape index (κ3) is 8.92. The van der Waals surface area contributed by atoms with E-state index in [1.165, 1.54) is 84.0 Å². The third-order valence-electron chi connectivity index (χ3n) is 6.62. The Labute approximate surface area is 209 Å². The van der Waals surface area contributed by atoms with Crippen LogP contribution in [0.15, 0.2) is 40.1 Å². The number of unbranched alkanes of at least 4 members (excludes halogenated alkanes) is 13. The van der Waals surface area contributed by atoms with Crippen molar-refractivity contribution in [3.05, 3.63) is 45.6 Å². The quantitative estimate of drug-likeness (QED) is 0.211. The number of ketones is 1. The molecule has 2 rings (SSSR count). The average molecular weight is 521 g/mol. The second kappa shape index (κ2) is 15.3. The molecule has 1 aromatic carbocycles. The number of Topliss-reactive ketones (excluding diaryl/α,β-unsaturated/α-hetero) is 1. The number of hydrogen-bond acceptors (Lipinski definition) is 3. The van der Waals surface area contributed by atoms with Gasteiger partial charge in [0.05, 0.1) is 11.6 Å². The van der Waals surface area contributed by atoms with Gasteiger partial charge in [-0.05, 0) is 31.0 Å². The first-order valence-corrected chi connectivity index (χ1v) is 13.8. The van der Waals surface area contributed by atoms with Crippen LogP contribution in [0.1, 0.15) is 115 Å². The summed E-state index contributed by atoms with van der Waals surface area (Å²) in [5, 5.41) is 10.4. The number of nitrogens with zero attached hydrogens (tertiary/aromatic N) is 1. The van der Waals surface area contributed by atoms with Gasteiger partial charge in [0.15, 0.2) is 11.5 Å². The van der Waals surface area contributed by atoms with Gasteiger partial charge in [-0.3, -0.25) is 9.59 Å². The summed E-state index contributed by atoms with van der Waals surface area (Å²) in [7, 11) is 0. The second-order valence-corrected chi connectivity index (χ2v) is 10.3. The zero-order valence-corrected chi connectivity index (χ0v) is 22.2. The molecular weight excluding hydrogens is 478 g/mol. The minimum absolute atomic E-state index is 0.215. The summed E-state index contributed by atoms with van der Waals surface area (Å²) in [4.78, 5) is 26.5. The lowest BCUT2D eigenvalue weighted by atomic mass is 9.96. The van der Waals surface area contributed by atoms with Crippen molar-refractivity contribution in [1.82, 2.24) is 4.90 Å². The lowest BCUT2D eigenvalue weighted by Gasteiger charge is -2.26. The van der Waals surface area contributed by atoms with Crippen LogP contribution in [0.25, 0.3) is 0 Å². The van der Waals surface area contributed by atoms with Gasteiger partial charge >= 0.3 is 0 Å². The molecule has 0 radical (unpaired) electrons. The van der Waals surface area contributed by atoms with Crippen LogP contribution in [-0.4, -0.2) is 28.2 Å². The van der Waals surface area contributed by atoms with Crippen molar-refractivity contribution >= 4 is 27.6 Å². The standard InChI is InChI=1S/C28H42BrNO3/c1-3-4-5-6-7-8-9-10-11-12-13-14-15-16-21-30-26(23-17-19-24(29)20-18-23)25(22(2)31)27(32)28(30)33/h17-20,26,32H,3-16,21H2,1-2H3/t26-/m0/s1. The van der Waals surface area contributed by atoms with Crippen LogP contribution in [0.5, 0.6) is 0 Å². The maximum Gasteiger partial charge on any atom is 0.290 e. The fourth-order valence-corrected chi connectivity index (χ4v) is 4.98. The number of aliphatic hydroxyl groups excluding tert-OH is 1.